The first kappa shape index (κ1) is 27.1. The van der Waals surface area contributed by atoms with Crippen molar-refractivity contribution in [1.29, 1.82) is 5.26 Å². The molecule has 0 radical (unpaired) electrons. The zero-order valence-corrected chi connectivity index (χ0v) is 21.6. The lowest BCUT2D eigenvalue weighted by molar-refractivity contribution is -0.139. The number of imide groups is 1. The Morgan fingerprint density at radius 2 is 1.78 bits per heavy atom. The van der Waals surface area contributed by atoms with Crippen molar-refractivity contribution >= 4 is 17.8 Å². The molecule has 2 aliphatic heterocycles. The number of nitrogens with one attached hydrogen (secondary N) is 1. The van der Waals surface area contributed by atoms with E-state index in [2.05, 4.69) is 22.3 Å². The summed E-state index contributed by atoms with van der Waals surface area (Å²) in [5.74, 6) is -0.723. The van der Waals surface area contributed by atoms with Crippen molar-refractivity contribution in [2.24, 2.45) is 11.8 Å². The number of urea groups is 1. The zero-order valence-electron chi connectivity index (χ0n) is 21.6. The highest BCUT2D eigenvalue weighted by Gasteiger charge is 2.34. The smallest absolute Gasteiger partial charge is 0.337 e. The van der Waals surface area contributed by atoms with Crippen molar-refractivity contribution in [3.05, 3.63) is 35.9 Å². The Morgan fingerprint density at radius 3 is 2.49 bits per heavy atom. The van der Waals surface area contributed by atoms with E-state index in [0.29, 0.717) is 51.6 Å². The predicted octanol–water partition coefficient (Wildman–Crippen LogP) is 3.12. The summed E-state index contributed by atoms with van der Waals surface area (Å²) < 4.78 is 5.35. The molecule has 2 saturated heterocycles. The summed E-state index contributed by atoms with van der Waals surface area (Å²) in [6.07, 6.45) is 8.92. The molecule has 0 aromatic heterocycles. The third kappa shape index (κ3) is 7.76. The Hall–Kier alpha value is -2.96. The van der Waals surface area contributed by atoms with Gasteiger partial charge in [-0.05, 0) is 24.3 Å². The fourth-order valence-electron chi connectivity index (χ4n) is 5.83. The largest absolute Gasteiger partial charge is 0.378 e. The quantitative estimate of drug-likeness (QED) is 0.426. The van der Waals surface area contributed by atoms with Gasteiger partial charge >= 0.3 is 6.03 Å². The SMILES string of the molecule is N#CN(C(=O)NC(=O)C(CC(=O)N1CCOCC1)CC1CCCCC1)C1CCN(Cc2ccccc2)C1. The van der Waals surface area contributed by atoms with Gasteiger partial charge in [-0.25, -0.2) is 9.69 Å². The van der Waals surface area contributed by atoms with Crippen LogP contribution in [0, 0.1) is 23.3 Å². The molecule has 2 heterocycles. The Kier molecular flexibility index (Phi) is 9.92. The van der Waals surface area contributed by atoms with Gasteiger partial charge in [0.15, 0.2) is 6.19 Å². The van der Waals surface area contributed by atoms with Crippen LogP contribution in [-0.2, 0) is 20.9 Å². The average molecular weight is 510 g/mol. The number of morpholine rings is 1. The molecule has 0 bridgehead atoms. The fraction of sp³-hybridized carbons (Fsp3) is 0.643. The number of ether oxygens (including phenoxy) is 1. The van der Waals surface area contributed by atoms with Crippen LogP contribution in [0.3, 0.4) is 0 Å². The number of hydrogen-bond acceptors (Lipinski definition) is 6. The number of carbonyl (C=O) groups is 3. The molecule has 2 atom stereocenters. The molecule has 2 unspecified atom stereocenters. The Morgan fingerprint density at radius 1 is 1.05 bits per heavy atom. The second-order valence-corrected chi connectivity index (χ2v) is 10.6. The minimum absolute atomic E-state index is 0.0730. The van der Waals surface area contributed by atoms with Gasteiger partial charge in [-0.3, -0.25) is 19.8 Å². The van der Waals surface area contributed by atoms with Gasteiger partial charge in [0.2, 0.25) is 11.8 Å². The maximum atomic E-state index is 13.3. The average Bonchev–Trinajstić information content (AvgIpc) is 3.38. The van der Waals surface area contributed by atoms with Crippen LogP contribution in [0.5, 0.6) is 0 Å². The van der Waals surface area contributed by atoms with Crippen LogP contribution in [0.4, 0.5) is 4.79 Å². The molecule has 1 aromatic rings. The molecule has 200 valence electrons. The highest BCUT2D eigenvalue weighted by molar-refractivity contribution is 5.97. The van der Waals surface area contributed by atoms with Crippen LogP contribution in [0.15, 0.2) is 30.3 Å². The molecule has 37 heavy (non-hydrogen) atoms. The van der Waals surface area contributed by atoms with E-state index in [-0.39, 0.29) is 18.4 Å². The standard InChI is InChI=1S/C28H39N5O4/c29-21-33(25-11-12-31(20-25)19-23-9-5-2-6-10-23)28(36)30-27(35)24(17-22-7-3-1-4-8-22)18-26(34)32-13-15-37-16-14-32/h2,5-6,9-10,22,24-25H,1,3-4,7-8,11-20H2,(H,30,35,36). The number of likely N-dealkylation sites (tertiary alicyclic amines) is 1. The second kappa shape index (κ2) is 13.5. The molecule has 9 nitrogen and oxygen atoms in total. The first-order valence-corrected chi connectivity index (χ1v) is 13.7. The van der Waals surface area contributed by atoms with Gasteiger partial charge in [0.25, 0.3) is 0 Å². The summed E-state index contributed by atoms with van der Waals surface area (Å²) in [6, 6.07) is 9.12. The Labute approximate surface area is 219 Å². The van der Waals surface area contributed by atoms with E-state index in [4.69, 9.17) is 4.74 Å². The van der Waals surface area contributed by atoms with E-state index in [0.717, 1.165) is 43.7 Å². The number of carbonyl (C=O) groups excluding carboxylic acids is 3. The van der Waals surface area contributed by atoms with Crippen LogP contribution < -0.4 is 5.32 Å². The number of nitrogens with zero attached hydrogens (tertiary/aromatic N) is 4. The number of rotatable bonds is 8. The van der Waals surface area contributed by atoms with Crippen LogP contribution >= 0.6 is 0 Å². The van der Waals surface area contributed by atoms with Crippen molar-refractivity contribution in [2.45, 2.75) is 64.0 Å². The molecular formula is C28H39N5O4. The van der Waals surface area contributed by atoms with Crippen molar-refractivity contribution < 1.29 is 19.1 Å². The molecule has 1 N–H and O–H groups in total. The van der Waals surface area contributed by atoms with E-state index in [1.807, 2.05) is 24.4 Å². The molecule has 3 fully saturated rings. The van der Waals surface area contributed by atoms with Crippen LogP contribution in [0.1, 0.15) is 56.9 Å². The lowest BCUT2D eigenvalue weighted by atomic mass is 9.81. The Balaban J connectivity index is 1.35. The van der Waals surface area contributed by atoms with Crippen molar-refractivity contribution in [3.63, 3.8) is 0 Å². The maximum absolute atomic E-state index is 13.3. The third-order valence-electron chi connectivity index (χ3n) is 7.92. The third-order valence-corrected chi connectivity index (χ3v) is 7.92. The lowest BCUT2D eigenvalue weighted by Crippen LogP contribution is -2.49. The van der Waals surface area contributed by atoms with E-state index in [9.17, 15) is 19.6 Å². The van der Waals surface area contributed by atoms with Crippen LogP contribution in [0.2, 0.25) is 0 Å². The summed E-state index contributed by atoms with van der Waals surface area (Å²) in [6.45, 7) is 4.16. The monoisotopic (exact) mass is 509 g/mol. The number of nitriles is 1. The molecular weight excluding hydrogens is 470 g/mol. The first-order chi connectivity index (χ1) is 18.0. The van der Waals surface area contributed by atoms with Gasteiger partial charge in [-0.2, -0.15) is 5.26 Å². The Bertz CT molecular complexity index is 953. The van der Waals surface area contributed by atoms with E-state index >= 15 is 0 Å². The van der Waals surface area contributed by atoms with Crippen LogP contribution in [-0.4, -0.2) is 78.0 Å². The minimum Gasteiger partial charge on any atom is -0.378 e. The molecule has 1 aromatic carbocycles. The number of hydrogen-bond donors (Lipinski definition) is 1. The molecule has 1 aliphatic carbocycles. The highest BCUT2D eigenvalue weighted by Crippen LogP contribution is 2.31. The van der Waals surface area contributed by atoms with Crippen LogP contribution in [0.25, 0.3) is 0 Å². The summed E-state index contributed by atoms with van der Waals surface area (Å²) >= 11 is 0. The van der Waals surface area contributed by atoms with E-state index in [1.165, 1.54) is 12.0 Å². The second-order valence-electron chi connectivity index (χ2n) is 10.6. The van der Waals surface area contributed by atoms with Gasteiger partial charge in [0.05, 0.1) is 19.3 Å². The summed E-state index contributed by atoms with van der Waals surface area (Å²) in [5.41, 5.74) is 1.18. The van der Waals surface area contributed by atoms with Gasteiger partial charge in [0.1, 0.15) is 0 Å². The predicted molar refractivity (Wildman–Crippen MR) is 138 cm³/mol. The normalized spacial score (nSPS) is 21.7. The summed E-state index contributed by atoms with van der Waals surface area (Å²) in [7, 11) is 0. The highest BCUT2D eigenvalue weighted by atomic mass is 16.5. The molecule has 0 spiro atoms. The summed E-state index contributed by atoms with van der Waals surface area (Å²) in [4.78, 5) is 44.4. The van der Waals surface area contributed by atoms with Gasteiger partial charge in [-0.15, -0.1) is 0 Å². The van der Waals surface area contributed by atoms with Crippen molar-refractivity contribution in [2.75, 3.05) is 39.4 Å². The van der Waals surface area contributed by atoms with E-state index in [1.54, 1.807) is 4.90 Å². The molecule has 4 amide bonds. The minimum atomic E-state index is -0.688. The topological polar surface area (TPSA) is 106 Å². The van der Waals surface area contributed by atoms with E-state index < -0.39 is 17.9 Å². The van der Waals surface area contributed by atoms with Crippen molar-refractivity contribution in [1.82, 2.24) is 20.0 Å². The number of benzene rings is 1. The lowest BCUT2D eigenvalue weighted by Gasteiger charge is -2.30. The maximum Gasteiger partial charge on any atom is 0.337 e. The fourth-order valence-corrected chi connectivity index (χ4v) is 5.83. The molecule has 3 aliphatic rings. The molecule has 4 rings (SSSR count). The molecule has 1 saturated carbocycles. The number of amides is 4. The van der Waals surface area contributed by atoms with Gasteiger partial charge in [0, 0.05) is 45.1 Å². The van der Waals surface area contributed by atoms with Gasteiger partial charge in [-0.1, -0.05) is 62.4 Å². The van der Waals surface area contributed by atoms with Crippen molar-refractivity contribution in [3.8, 4) is 6.19 Å². The van der Waals surface area contributed by atoms with Gasteiger partial charge < -0.3 is 9.64 Å². The zero-order chi connectivity index (χ0) is 26.0. The summed E-state index contributed by atoms with van der Waals surface area (Å²) in [5, 5.41) is 12.3. The first-order valence-electron chi connectivity index (χ1n) is 13.7. The molecule has 9 heteroatoms.